The smallest absolute Gasteiger partial charge is 0.338 e. The number of nitriles is 1. The van der Waals surface area contributed by atoms with E-state index in [1.165, 1.54) is 18.2 Å². The molecule has 1 aromatic rings. The number of carbonyl (C=O) groups excluding carboxylic acids is 1. The van der Waals surface area contributed by atoms with Crippen molar-refractivity contribution in [2.75, 3.05) is 6.61 Å². The summed E-state index contributed by atoms with van der Waals surface area (Å²) in [5, 5.41) is 25.2. The van der Waals surface area contributed by atoms with E-state index >= 15 is 0 Å². The maximum Gasteiger partial charge on any atom is 0.338 e. The van der Waals surface area contributed by atoms with Crippen molar-refractivity contribution in [3.63, 3.8) is 0 Å². The Balaban J connectivity index is 2.59. The van der Waals surface area contributed by atoms with Gasteiger partial charge in [0.1, 0.15) is 6.04 Å². The van der Waals surface area contributed by atoms with E-state index in [2.05, 4.69) is 15.6 Å². The summed E-state index contributed by atoms with van der Waals surface area (Å²) in [5.41, 5.74) is 0.640. The Kier molecular flexibility index (Phi) is 5.11. The monoisotopic (exact) mass is 329 g/mol. The molecule has 0 saturated carbocycles. The number of nitrogens with one attached hydrogen (secondary N) is 2. The molecule has 9 nitrogen and oxygen atoms in total. The van der Waals surface area contributed by atoms with Gasteiger partial charge in [-0.05, 0) is 19.9 Å². The number of nitro groups is 1. The van der Waals surface area contributed by atoms with Gasteiger partial charge in [-0.1, -0.05) is 12.1 Å². The molecule has 0 fully saturated rings. The van der Waals surface area contributed by atoms with E-state index in [9.17, 15) is 14.9 Å². The molecule has 1 aliphatic rings. The number of benzene rings is 1. The van der Waals surface area contributed by atoms with Crippen LogP contribution in [0.4, 0.5) is 5.69 Å². The summed E-state index contributed by atoms with van der Waals surface area (Å²) in [6.07, 6.45) is 1.72. The zero-order valence-corrected chi connectivity index (χ0v) is 13.1. The Morgan fingerprint density at radius 2 is 2.25 bits per heavy atom. The maximum atomic E-state index is 12.3. The maximum absolute atomic E-state index is 12.3. The average Bonchev–Trinajstić information content (AvgIpc) is 2.54. The number of hydrogen-bond donors (Lipinski definition) is 2. The summed E-state index contributed by atoms with van der Waals surface area (Å²) < 4.78 is 5.04. The van der Waals surface area contributed by atoms with Gasteiger partial charge < -0.3 is 10.1 Å². The summed E-state index contributed by atoms with van der Waals surface area (Å²) in [6, 6.07) is 5.05. The topological polar surface area (TPSA) is 130 Å². The van der Waals surface area contributed by atoms with Gasteiger partial charge in [-0.25, -0.2) is 9.79 Å². The molecule has 24 heavy (non-hydrogen) atoms. The fourth-order valence-corrected chi connectivity index (χ4v) is 2.38. The fourth-order valence-electron chi connectivity index (χ4n) is 2.38. The molecule has 2 N–H and O–H groups in total. The highest BCUT2D eigenvalue weighted by atomic mass is 16.6. The molecule has 0 amide bonds. The third kappa shape index (κ3) is 3.33. The minimum absolute atomic E-state index is 0.103. The molecule has 2 rings (SSSR count). The van der Waals surface area contributed by atoms with Crippen molar-refractivity contribution in [3.05, 3.63) is 51.2 Å². The number of guanidine groups is 1. The third-order valence-corrected chi connectivity index (χ3v) is 3.34. The van der Waals surface area contributed by atoms with Crippen LogP contribution < -0.4 is 10.6 Å². The van der Waals surface area contributed by atoms with Crippen LogP contribution in [-0.2, 0) is 9.53 Å². The van der Waals surface area contributed by atoms with Crippen molar-refractivity contribution in [1.29, 1.82) is 5.26 Å². The van der Waals surface area contributed by atoms with Gasteiger partial charge in [0.25, 0.3) is 5.69 Å². The van der Waals surface area contributed by atoms with Crippen molar-refractivity contribution in [2.24, 2.45) is 4.99 Å². The van der Waals surface area contributed by atoms with Crippen LogP contribution in [0.15, 0.2) is 40.5 Å². The highest BCUT2D eigenvalue weighted by molar-refractivity contribution is 5.95. The minimum Gasteiger partial charge on any atom is -0.463 e. The van der Waals surface area contributed by atoms with Gasteiger partial charge in [0.2, 0.25) is 5.96 Å². The summed E-state index contributed by atoms with van der Waals surface area (Å²) >= 11 is 0. The number of rotatable bonds is 4. The first kappa shape index (κ1) is 17.0. The standard InChI is InChI=1S/C15H15N5O4/c1-3-24-14(21)12-9(2)18-15(17-8-16)19-13(12)10-6-4-5-7-11(10)20(22)23/h4-7,13H,3H2,1-2H3,(H2,17,18,19). The number of allylic oxidation sites excluding steroid dienone is 1. The van der Waals surface area contributed by atoms with E-state index in [1.807, 2.05) is 0 Å². The van der Waals surface area contributed by atoms with Crippen molar-refractivity contribution in [3.8, 4) is 6.19 Å². The molecule has 9 heteroatoms. The van der Waals surface area contributed by atoms with Gasteiger partial charge in [0, 0.05) is 11.8 Å². The highest BCUT2D eigenvalue weighted by Crippen LogP contribution is 2.36. The van der Waals surface area contributed by atoms with Crippen molar-refractivity contribution in [1.82, 2.24) is 10.6 Å². The van der Waals surface area contributed by atoms with Crippen LogP contribution in [0.25, 0.3) is 0 Å². The second-order valence-corrected chi connectivity index (χ2v) is 4.82. The molecule has 0 bridgehead atoms. The second-order valence-electron chi connectivity index (χ2n) is 4.82. The SMILES string of the molecule is CCOC(=O)C1=C(C)NC(NC#N)=NC1c1ccccc1[N+](=O)[O-]. The van der Waals surface area contributed by atoms with E-state index < -0.39 is 16.9 Å². The van der Waals surface area contributed by atoms with Gasteiger partial charge in [-0.15, -0.1) is 0 Å². The van der Waals surface area contributed by atoms with E-state index in [-0.39, 0.29) is 29.4 Å². The number of para-hydroxylation sites is 1. The van der Waals surface area contributed by atoms with Crippen LogP contribution in [0.3, 0.4) is 0 Å². The summed E-state index contributed by atoms with van der Waals surface area (Å²) in [4.78, 5) is 27.3. The summed E-state index contributed by atoms with van der Waals surface area (Å²) in [5.74, 6) is -0.517. The number of hydrogen-bond acceptors (Lipinski definition) is 8. The highest BCUT2D eigenvalue weighted by Gasteiger charge is 2.34. The molecule has 1 aliphatic heterocycles. The van der Waals surface area contributed by atoms with E-state index in [4.69, 9.17) is 10.00 Å². The number of aliphatic imine (C=N–C) groups is 1. The fraction of sp³-hybridized carbons (Fsp3) is 0.267. The first-order chi connectivity index (χ1) is 11.5. The number of carbonyl (C=O) groups is 1. The lowest BCUT2D eigenvalue weighted by Crippen LogP contribution is -2.39. The van der Waals surface area contributed by atoms with Gasteiger partial charge in [-0.3, -0.25) is 15.4 Å². The van der Waals surface area contributed by atoms with Crippen molar-refractivity contribution < 1.29 is 14.5 Å². The first-order valence-electron chi connectivity index (χ1n) is 7.10. The van der Waals surface area contributed by atoms with Crippen molar-refractivity contribution >= 4 is 17.6 Å². The predicted octanol–water partition coefficient (Wildman–Crippen LogP) is 1.50. The molecule has 0 spiro atoms. The molecule has 1 unspecified atom stereocenters. The number of nitrogens with zero attached hydrogens (tertiary/aromatic N) is 3. The van der Waals surface area contributed by atoms with Gasteiger partial charge >= 0.3 is 5.97 Å². The summed E-state index contributed by atoms with van der Waals surface area (Å²) in [6.45, 7) is 3.43. The minimum atomic E-state index is -0.956. The zero-order valence-electron chi connectivity index (χ0n) is 13.1. The quantitative estimate of drug-likeness (QED) is 0.281. The molecular weight excluding hydrogens is 314 g/mol. The van der Waals surface area contributed by atoms with Crippen LogP contribution in [0.1, 0.15) is 25.5 Å². The van der Waals surface area contributed by atoms with Crippen LogP contribution in [0.2, 0.25) is 0 Å². The average molecular weight is 329 g/mol. The molecule has 1 atom stereocenters. The van der Waals surface area contributed by atoms with Crippen LogP contribution >= 0.6 is 0 Å². The van der Waals surface area contributed by atoms with Gasteiger partial charge in [0.15, 0.2) is 6.19 Å². The Morgan fingerprint density at radius 1 is 1.54 bits per heavy atom. The zero-order chi connectivity index (χ0) is 17.7. The van der Waals surface area contributed by atoms with E-state index in [0.717, 1.165) is 0 Å². The lowest BCUT2D eigenvalue weighted by molar-refractivity contribution is -0.385. The molecule has 0 radical (unpaired) electrons. The Labute approximate surface area is 137 Å². The van der Waals surface area contributed by atoms with Crippen LogP contribution in [-0.4, -0.2) is 23.5 Å². The number of nitro benzene ring substituents is 1. The molecular formula is C15H15N5O4. The second kappa shape index (κ2) is 7.23. The van der Waals surface area contributed by atoms with E-state index in [1.54, 1.807) is 26.1 Å². The van der Waals surface area contributed by atoms with Gasteiger partial charge in [-0.2, -0.15) is 5.26 Å². The largest absolute Gasteiger partial charge is 0.463 e. The molecule has 1 heterocycles. The molecule has 0 aromatic heterocycles. The van der Waals surface area contributed by atoms with Crippen LogP contribution in [0, 0.1) is 21.6 Å². The Bertz CT molecular complexity index is 778. The lowest BCUT2D eigenvalue weighted by Gasteiger charge is -2.25. The normalized spacial score (nSPS) is 16.5. The molecule has 0 saturated heterocycles. The number of ether oxygens (including phenoxy) is 1. The van der Waals surface area contributed by atoms with Crippen LogP contribution in [0.5, 0.6) is 0 Å². The van der Waals surface area contributed by atoms with E-state index in [0.29, 0.717) is 5.70 Å². The Morgan fingerprint density at radius 3 is 2.88 bits per heavy atom. The molecule has 124 valence electrons. The summed E-state index contributed by atoms with van der Waals surface area (Å²) in [7, 11) is 0. The first-order valence-corrected chi connectivity index (χ1v) is 7.10. The predicted molar refractivity (Wildman–Crippen MR) is 84.5 cm³/mol. The number of esters is 1. The van der Waals surface area contributed by atoms with Crippen molar-refractivity contribution in [2.45, 2.75) is 19.9 Å². The third-order valence-electron chi connectivity index (χ3n) is 3.34. The Hall–Kier alpha value is -3.41. The lowest BCUT2D eigenvalue weighted by atomic mass is 9.95. The molecule has 1 aromatic carbocycles. The van der Waals surface area contributed by atoms with Gasteiger partial charge in [0.05, 0.1) is 22.7 Å². The molecule has 0 aliphatic carbocycles.